The third-order valence-corrected chi connectivity index (χ3v) is 5.78. The standard InChI is InChI=1S/C17H32N2O/c1-4-19(15-7-8-20-17(11-15)12(2)3)16-9-13-5-6-14(10-16)18-13/h12-18H,4-11H2,1-3H3. The maximum absolute atomic E-state index is 5.97. The number of fused-ring (bicyclic) bond motifs is 2. The van der Waals surface area contributed by atoms with Crippen LogP contribution in [0.2, 0.25) is 0 Å². The molecular weight excluding hydrogens is 248 g/mol. The normalized spacial score (nSPS) is 41.5. The highest BCUT2D eigenvalue weighted by Gasteiger charge is 2.39. The number of nitrogens with one attached hydrogen (secondary N) is 1. The minimum atomic E-state index is 0.473. The zero-order chi connectivity index (χ0) is 14.1. The van der Waals surface area contributed by atoms with Gasteiger partial charge in [-0.25, -0.2) is 0 Å². The van der Waals surface area contributed by atoms with Gasteiger partial charge in [-0.2, -0.15) is 0 Å². The molecule has 0 aromatic carbocycles. The quantitative estimate of drug-likeness (QED) is 0.857. The van der Waals surface area contributed by atoms with Gasteiger partial charge in [-0.15, -0.1) is 0 Å². The maximum atomic E-state index is 5.97. The van der Waals surface area contributed by atoms with Gasteiger partial charge in [0, 0.05) is 30.8 Å². The average Bonchev–Trinajstić information content (AvgIpc) is 2.79. The van der Waals surface area contributed by atoms with Gasteiger partial charge >= 0.3 is 0 Å². The minimum Gasteiger partial charge on any atom is -0.378 e. The fraction of sp³-hybridized carbons (Fsp3) is 1.00. The second-order valence-electron chi connectivity index (χ2n) is 7.42. The van der Waals surface area contributed by atoms with E-state index in [1.165, 1.54) is 45.1 Å². The third-order valence-electron chi connectivity index (χ3n) is 5.78. The van der Waals surface area contributed by atoms with E-state index in [1.807, 2.05) is 0 Å². The molecule has 0 radical (unpaired) electrons. The van der Waals surface area contributed by atoms with Crippen LogP contribution in [0.4, 0.5) is 0 Å². The summed E-state index contributed by atoms with van der Waals surface area (Å²) in [6, 6.07) is 3.17. The Morgan fingerprint density at radius 2 is 1.75 bits per heavy atom. The molecule has 4 atom stereocenters. The van der Waals surface area contributed by atoms with Crippen molar-refractivity contribution in [2.75, 3.05) is 13.2 Å². The van der Waals surface area contributed by atoms with Crippen molar-refractivity contribution < 1.29 is 4.74 Å². The van der Waals surface area contributed by atoms with Crippen molar-refractivity contribution in [3.8, 4) is 0 Å². The summed E-state index contributed by atoms with van der Waals surface area (Å²) >= 11 is 0. The summed E-state index contributed by atoms with van der Waals surface area (Å²) in [6.45, 7) is 9.12. The minimum absolute atomic E-state index is 0.473. The van der Waals surface area contributed by atoms with Crippen LogP contribution in [0.1, 0.15) is 59.3 Å². The van der Waals surface area contributed by atoms with Gasteiger partial charge in [-0.05, 0) is 51.0 Å². The molecule has 2 bridgehead atoms. The Balaban J connectivity index is 1.63. The van der Waals surface area contributed by atoms with E-state index in [2.05, 4.69) is 31.0 Å². The fourth-order valence-corrected chi connectivity index (χ4v) is 4.69. The lowest BCUT2D eigenvalue weighted by Crippen LogP contribution is -2.53. The second-order valence-corrected chi connectivity index (χ2v) is 7.42. The monoisotopic (exact) mass is 280 g/mol. The molecule has 3 rings (SSSR count). The molecule has 3 heterocycles. The molecule has 3 fully saturated rings. The SMILES string of the molecule is CCN(C1CC2CCC(C1)N2)C1CCOC(C(C)C)C1. The van der Waals surface area contributed by atoms with Crippen molar-refractivity contribution in [3.63, 3.8) is 0 Å². The van der Waals surface area contributed by atoms with Gasteiger partial charge in [0.15, 0.2) is 0 Å². The number of rotatable bonds is 4. The van der Waals surface area contributed by atoms with Crippen LogP contribution in [0.15, 0.2) is 0 Å². The van der Waals surface area contributed by atoms with E-state index < -0.39 is 0 Å². The van der Waals surface area contributed by atoms with Crippen LogP contribution in [0.25, 0.3) is 0 Å². The zero-order valence-electron chi connectivity index (χ0n) is 13.5. The van der Waals surface area contributed by atoms with Crippen LogP contribution in [-0.2, 0) is 4.74 Å². The van der Waals surface area contributed by atoms with Gasteiger partial charge in [0.05, 0.1) is 6.10 Å². The summed E-state index contributed by atoms with van der Waals surface area (Å²) in [7, 11) is 0. The smallest absolute Gasteiger partial charge is 0.0612 e. The highest BCUT2D eigenvalue weighted by molar-refractivity contribution is 4.97. The number of hydrogen-bond donors (Lipinski definition) is 1. The molecule has 3 saturated heterocycles. The lowest BCUT2D eigenvalue weighted by atomic mass is 9.90. The van der Waals surface area contributed by atoms with E-state index in [0.29, 0.717) is 12.0 Å². The Labute approximate surface area is 124 Å². The third kappa shape index (κ3) is 3.05. The molecule has 0 amide bonds. The van der Waals surface area contributed by atoms with Gasteiger partial charge in [0.2, 0.25) is 0 Å². The predicted molar refractivity (Wildman–Crippen MR) is 82.9 cm³/mol. The van der Waals surface area contributed by atoms with E-state index in [9.17, 15) is 0 Å². The maximum Gasteiger partial charge on any atom is 0.0612 e. The molecule has 0 aromatic heterocycles. The highest BCUT2D eigenvalue weighted by atomic mass is 16.5. The Morgan fingerprint density at radius 1 is 1.05 bits per heavy atom. The van der Waals surface area contributed by atoms with Crippen molar-refractivity contribution in [2.45, 2.75) is 89.6 Å². The van der Waals surface area contributed by atoms with Gasteiger partial charge in [0.25, 0.3) is 0 Å². The van der Waals surface area contributed by atoms with Crippen LogP contribution in [0.5, 0.6) is 0 Å². The van der Waals surface area contributed by atoms with E-state index in [4.69, 9.17) is 4.74 Å². The summed E-state index contributed by atoms with van der Waals surface area (Å²) in [5.74, 6) is 0.653. The van der Waals surface area contributed by atoms with Crippen molar-refractivity contribution in [1.82, 2.24) is 10.2 Å². The molecule has 20 heavy (non-hydrogen) atoms. The van der Waals surface area contributed by atoms with Gasteiger partial charge in [-0.1, -0.05) is 20.8 Å². The van der Waals surface area contributed by atoms with Crippen molar-refractivity contribution in [1.29, 1.82) is 0 Å². The summed E-state index contributed by atoms with van der Waals surface area (Å²) < 4.78 is 5.97. The first-order chi connectivity index (χ1) is 9.67. The van der Waals surface area contributed by atoms with Crippen LogP contribution in [0, 0.1) is 5.92 Å². The molecule has 4 unspecified atom stereocenters. The van der Waals surface area contributed by atoms with Crippen LogP contribution in [0.3, 0.4) is 0 Å². The predicted octanol–water partition coefficient (Wildman–Crippen LogP) is 2.79. The van der Waals surface area contributed by atoms with Gasteiger partial charge in [-0.3, -0.25) is 4.90 Å². The first-order valence-electron chi connectivity index (χ1n) is 8.80. The second kappa shape index (κ2) is 6.33. The molecule has 0 saturated carbocycles. The Hall–Kier alpha value is -0.120. The summed E-state index contributed by atoms with van der Waals surface area (Å²) in [4.78, 5) is 2.82. The number of nitrogens with zero attached hydrogens (tertiary/aromatic N) is 1. The first kappa shape index (κ1) is 14.8. The van der Waals surface area contributed by atoms with Crippen LogP contribution in [-0.4, -0.2) is 48.3 Å². The first-order valence-corrected chi connectivity index (χ1v) is 8.80. The van der Waals surface area contributed by atoms with E-state index in [-0.39, 0.29) is 0 Å². The Kier molecular flexibility index (Phi) is 4.68. The van der Waals surface area contributed by atoms with E-state index >= 15 is 0 Å². The number of piperidine rings is 1. The Morgan fingerprint density at radius 3 is 2.35 bits per heavy atom. The van der Waals surface area contributed by atoms with Gasteiger partial charge in [0.1, 0.15) is 0 Å². The lowest BCUT2D eigenvalue weighted by Gasteiger charge is -2.45. The highest BCUT2D eigenvalue weighted by Crippen LogP contribution is 2.33. The number of hydrogen-bond acceptors (Lipinski definition) is 3. The molecule has 0 aromatic rings. The summed E-state index contributed by atoms with van der Waals surface area (Å²) in [6.07, 6.45) is 8.49. The van der Waals surface area contributed by atoms with E-state index in [1.54, 1.807) is 0 Å². The van der Waals surface area contributed by atoms with Gasteiger partial charge < -0.3 is 10.1 Å². The van der Waals surface area contributed by atoms with Crippen molar-refractivity contribution in [3.05, 3.63) is 0 Å². The summed E-state index contributed by atoms with van der Waals surface area (Å²) in [5.41, 5.74) is 0. The molecule has 3 nitrogen and oxygen atoms in total. The largest absolute Gasteiger partial charge is 0.378 e. The Bertz CT molecular complexity index is 308. The van der Waals surface area contributed by atoms with Crippen LogP contribution < -0.4 is 5.32 Å². The van der Waals surface area contributed by atoms with Crippen molar-refractivity contribution >= 4 is 0 Å². The van der Waals surface area contributed by atoms with E-state index in [0.717, 1.165) is 30.8 Å². The molecule has 3 heteroatoms. The summed E-state index contributed by atoms with van der Waals surface area (Å²) in [5, 5.41) is 3.78. The molecular formula is C17H32N2O. The molecule has 3 aliphatic rings. The lowest BCUT2D eigenvalue weighted by molar-refractivity contribution is -0.0588. The average molecular weight is 280 g/mol. The molecule has 1 N–H and O–H groups in total. The fourth-order valence-electron chi connectivity index (χ4n) is 4.69. The van der Waals surface area contributed by atoms with Crippen molar-refractivity contribution in [2.24, 2.45) is 5.92 Å². The zero-order valence-corrected chi connectivity index (χ0v) is 13.5. The number of ether oxygens (including phenoxy) is 1. The molecule has 116 valence electrons. The molecule has 0 spiro atoms. The topological polar surface area (TPSA) is 24.5 Å². The molecule has 3 aliphatic heterocycles. The molecule has 0 aliphatic carbocycles. The van der Waals surface area contributed by atoms with Crippen LogP contribution >= 0.6 is 0 Å².